The van der Waals surface area contributed by atoms with Gasteiger partial charge in [-0.2, -0.15) is 0 Å². The van der Waals surface area contributed by atoms with E-state index in [1.807, 2.05) is 0 Å². The third-order valence-corrected chi connectivity index (χ3v) is 2.62. The molecule has 0 aromatic carbocycles. The van der Waals surface area contributed by atoms with Gasteiger partial charge in [-0.15, -0.1) is 0 Å². The molecular formula is C9H13N5O2S. The first-order valence-electron chi connectivity index (χ1n) is 4.90. The maximum atomic E-state index is 11.3. The van der Waals surface area contributed by atoms with Crippen molar-refractivity contribution in [2.75, 3.05) is 18.0 Å². The van der Waals surface area contributed by atoms with Crippen LogP contribution in [0.25, 0.3) is 0 Å². The molecule has 0 radical (unpaired) electrons. The normalized spacial score (nSPS) is 9.71. The van der Waals surface area contributed by atoms with E-state index in [4.69, 9.17) is 5.73 Å². The number of urea groups is 1. The van der Waals surface area contributed by atoms with Crippen molar-refractivity contribution in [3.8, 4) is 0 Å². The topological polar surface area (TPSA) is 110 Å². The van der Waals surface area contributed by atoms with Gasteiger partial charge in [0.15, 0.2) is 5.82 Å². The Balaban J connectivity index is 2.38. The number of imide groups is 1. The van der Waals surface area contributed by atoms with Gasteiger partial charge in [0.2, 0.25) is 5.91 Å². The van der Waals surface area contributed by atoms with Gasteiger partial charge in [-0.05, 0) is 6.92 Å². The van der Waals surface area contributed by atoms with E-state index in [9.17, 15) is 9.59 Å². The van der Waals surface area contributed by atoms with E-state index in [1.54, 1.807) is 6.92 Å². The molecule has 1 aromatic heterocycles. The summed E-state index contributed by atoms with van der Waals surface area (Å²) >= 11 is 1.12. The number of aromatic nitrogens is 2. The Morgan fingerprint density at radius 3 is 2.76 bits per heavy atom. The highest BCUT2D eigenvalue weighted by Gasteiger charge is 2.09. The van der Waals surface area contributed by atoms with E-state index in [1.165, 1.54) is 12.4 Å². The molecule has 0 aliphatic carbocycles. The number of amides is 3. The zero-order valence-corrected chi connectivity index (χ0v) is 10.1. The second-order valence-corrected chi connectivity index (χ2v) is 3.91. The van der Waals surface area contributed by atoms with Gasteiger partial charge in [0.25, 0.3) is 0 Å². The van der Waals surface area contributed by atoms with Crippen molar-refractivity contribution in [2.24, 2.45) is 0 Å². The molecule has 0 spiro atoms. The summed E-state index contributed by atoms with van der Waals surface area (Å²) in [5.74, 6) is -0.0886. The number of nitrogen functional groups attached to an aromatic ring is 1. The lowest BCUT2D eigenvalue weighted by Crippen LogP contribution is -2.40. The maximum Gasteiger partial charge on any atom is 0.321 e. The van der Waals surface area contributed by atoms with Gasteiger partial charge in [-0.25, -0.2) is 14.8 Å². The number of rotatable bonds is 4. The van der Waals surface area contributed by atoms with Gasteiger partial charge in [0.05, 0.1) is 5.75 Å². The first kappa shape index (κ1) is 13.2. The fraction of sp³-hybridized carbons (Fsp3) is 0.333. The molecule has 0 aliphatic rings. The van der Waals surface area contributed by atoms with Gasteiger partial charge < -0.3 is 11.1 Å². The summed E-state index contributed by atoms with van der Waals surface area (Å²) in [7, 11) is 0. The van der Waals surface area contributed by atoms with Gasteiger partial charge in [0, 0.05) is 18.9 Å². The smallest absolute Gasteiger partial charge is 0.321 e. The van der Waals surface area contributed by atoms with Crippen LogP contribution < -0.4 is 16.4 Å². The molecule has 0 saturated heterocycles. The van der Waals surface area contributed by atoms with Crippen molar-refractivity contribution in [1.82, 2.24) is 20.6 Å². The molecule has 7 nitrogen and oxygen atoms in total. The highest BCUT2D eigenvalue weighted by atomic mass is 32.2. The Morgan fingerprint density at radius 2 is 2.12 bits per heavy atom. The standard InChI is InChI=1S/C9H13N5O2S/c1-2-11-9(16)14-6(15)5-17-8-7(10)12-3-4-13-8/h3-4H,2,5H2,1H3,(H2,10,12)(H2,11,14,15,16). The average Bonchev–Trinajstić information content (AvgIpc) is 2.28. The Kier molecular flexibility index (Phi) is 5.21. The summed E-state index contributed by atoms with van der Waals surface area (Å²) in [6.45, 7) is 2.22. The number of nitrogens with two attached hydrogens (primary N) is 1. The van der Waals surface area contributed by atoms with Crippen LogP contribution in [0.15, 0.2) is 17.4 Å². The Bertz CT molecular complexity index is 412. The molecule has 0 unspecified atom stereocenters. The van der Waals surface area contributed by atoms with Crippen molar-refractivity contribution in [3.63, 3.8) is 0 Å². The fourth-order valence-corrected chi connectivity index (χ4v) is 1.62. The summed E-state index contributed by atoms with van der Waals surface area (Å²) in [6.07, 6.45) is 2.95. The largest absolute Gasteiger partial charge is 0.381 e. The minimum Gasteiger partial charge on any atom is -0.381 e. The minimum absolute atomic E-state index is 0.0556. The van der Waals surface area contributed by atoms with Crippen LogP contribution in [0.1, 0.15) is 6.92 Å². The summed E-state index contributed by atoms with van der Waals surface area (Å²) in [5.41, 5.74) is 5.55. The number of anilines is 1. The number of carbonyl (C=O) groups is 2. The third kappa shape index (κ3) is 4.68. The highest BCUT2D eigenvalue weighted by Crippen LogP contribution is 2.18. The first-order chi connectivity index (χ1) is 8.13. The van der Waals surface area contributed by atoms with E-state index < -0.39 is 11.9 Å². The van der Waals surface area contributed by atoms with Crippen LogP contribution in [-0.4, -0.2) is 34.2 Å². The molecule has 0 bridgehead atoms. The van der Waals surface area contributed by atoms with E-state index in [-0.39, 0.29) is 11.6 Å². The predicted octanol–water partition coefficient (Wildman–Crippen LogP) is -0.00340. The number of carbonyl (C=O) groups excluding carboxylic acids is 2. The second kappa shape index (κ2) is 6.69. The minimum atomic E-state index is -0.509. The molecule has 0 aliphatic heterocycles. The number of nitrogens with zero attached hydrogens (tertiary/aromatic N) is 2. The molecule has 0 saturated carbocycles. The number of hydrogen-bond donors (Lipinski definition) is 3. The molecule has 1 aromatic rings. The Labute approximate surface area is 103 Å². The molecular weight excluding hydrogens is 242 g/mol. The monoisotopic (exact) mass is 255 g/mol. The van der Waals surface area contributed by atoms with Crippen LogP contribution in [0, 0.1) is 0 Å². The zero-order valence-electron chi connectivity index (χ0n) is 9.27. The average molecular weight is 255 g/mol. The van der Waals surface area contributed by atoms with Crippen LogP contribution >= 0.6 is 11.8 Å². The summed E-state index contributed by atoms with van der Waals surface area (Å²) in [6, 6.07) is -0.509. The molecule has 0 fully saturated rings. The lowest BCUT2D eigenvalue weighted by atomic mass is 10.6. The molecule has 1 heterocycles. The van der Waals surface area contributed by atoms with Gasteiger partial charge in [-0.1, -0.05) is 11.8 Å². The number of nitrogens with one attached hydrogen (secondary N) is 2. The van der Waals surface area contributed by atoms with Crippen molar-refractivity contribution < 1.29 is 9.59 Å². The van der Waals surface area contributed by atoms with E-state index in [2.05, 4.69) is 20.6 Å². The Hall–Kier alpha value is -1.83. The van der Waals surface area contributed by atoms with Crippen molar-refractivity contribution in [2.45, 2.75) is 11.9 Å². The van der Waals surface area contributed by atoms with Crippen molar-refractivity contribution in [1.29, 1.82) is 0 Å². The van der Waals surface area contributed by atoms with Crippen molar-refractivity contribution in [3.05, 3.63) is 12.4 Å². The molecule has 17 heavy (non-hydrogen) atoms. The van der Waals surface area contributed by atoms with Crippen LogP contribution in [-0.2, 0) is 4.79 Å². The van der Waals surface area contributed by atoms with Gasteiger partial charge in [-0.3, -0.25) is 10.1 Å². The van der Waals surface area contributed by atoms with Gasteiger partial charge >= 0.3 is 6.03 Å². The molecule has 92 valence electrons. The van der Waals surface area contributed by atoms with Crippen molar-refractivity contribution >= 4 is 29.5 Å². The predicted molar refractivity (Wildman–Crippen MR) is 64.4 cm³/mol. The molecule has 3 amide bonds. The SMILES string of the molecule is CCNC(=O)NC(=O)CSc1nccnc1N. The fourth-order valence-electron chi connectivity index (χ4n) is 0.949. The molecule has 0 atom stereocenters. The Morgan fingerprint density at radius 1 is 1.41 bits per heavy atom. The highest BCUT2D eigenvalue weighted by molar-refractivity contribution is 8.00. The van der Waals surface area contributed by atoms with E-state index >= 15 is 0 Å². The number of hydrogen-bond acceptors (Lipinski definition) is 6. The van der Waals surface area contributed by atoms with Crippen LogP contribution in [0.3, 0.4) is 0 Å². The summed E-state index contributed by atoms with van der Waals surface area (Å²) < 4.78 is 0. The molecule has 4 N–H and O–H groups in total. The van der Waals surface area contributed by atoms with Crippen LogP contribution in [0.2, 0.25) is 0 Å². The quantitative estimate of drug-likeness (QED) is 0.653. The van der Waals surface area contributed by atoms with Crippen LogP contribution in [0.5, 0.6) is 0 Å². The van der Waals surface area contributed by atoms with Gasteiger partial charge in [0.1, 0.15) is 5.03 Å². The summed E-state index contributed by atoms with van der Waals surface area (Å²) in [4.78, 5) is 30.1. The lowest BCUT2D eigenvalue weighted by molar-refractivity contribution is -0.117. The van der Waals surface area contributed by atoms with E-state index in [0.717, 1.165) is 11.8 Å². The third-order valence-electron chi connectivity index (χ3n) is 1.62. The molecule has 8 heteroatoms. The first-order valence-corrected chi connectivity index (χ1v) is 5.89. The van der Waals surface area contributed by atoms with Crippen LogP contribution in [0.4, 0.5) is 10.6 Å². The zero-order chi connectivity index (χ0) is 12.7. The number of thioether (sulfide) groups is 1. The second-order valence-electron chi connectivity index (χ2n) is 2.94. The summed E-state index contributed by atoms with van der Waals surface area (Å²) in [5, 5.41) is 5.10. The van der Waals surface area contributed by atoms with E-state index in [0.29, 0.717) is 11.6 Å². The molecule has 1 rings (SSSR count). The lowest BCUT2D eigenvalue weighted by Gasteiger charge is -2.04. The maximum absolute atomic E-state index is 11.3.